The molecule has 1 aliphatic carbocycles. The zero-order chi connectivity index (χ0) is 15.2. The number of aromatic nitrogens is 2. The van der Waals surface area contributed by atoms with Crippen LogP contribution in [0.15, 0.2) is 18.5 Å². The first-order valence-corrected chi connectivity index (χ1v) is 7.31. The molecule has 7 nitrogen and oxygen atoms in total. The van der Waals surface area contributed by atoms with Crippen LogP contribution < -0.4 is 10.6 Å². The molecule has 3 atom stereocenters. The molecule has 1 saturated carbocycles. The Morgan fingerprint density at radius 3 is 2.95 bits per heavy atom. The standard InChI is InChI=1S/C14H22N4O3/c1-10(9-18-7-3-6-16-18)17-14(21)15-8-11-4-2-5-12(11)13(19)20/h3,6-7,10-12H,2,4-5,8-9H2,1H3,(H,19,20)(H2,15,17,21). The largest absolute Gasteiger partial charge is 0.481 e. The van der Waals surface area contributed by atoms with Crippen LogP contribution in [0.25, 0.3) is 0 Å². The fraction of sp³-hybridized carbons (Fsp3) is 0.643. The van der Waals surface area contributed by atoms with Crippen molar-refractivity contribution in [1.29, 1.82) is 0 Å². The zero-order valence-electron chi connectivity index (χ0n) is 12.2. The van der Waals surface area contributed by atoms with E-state index in [0.29, 0.717) is 19.5 Å². The molecule has 3 N–H and O–H groups in total. The Hall–Kier alpha value is -2.05. The number of urea groups is 1. The second kappa shape index (κ2) is 7.10. The Labute approximate surface area is 123 Å². The van der Waals surface area contributed by atoms with Crippen LogP contribution >= 0.6 is 0 Å². The highest BCUT2D eigenvalue weighted by Gasteiger charge is 2.32. The van der Waals surface area contributed by atoms with E-state index in [0.717, 1.165) is 12.8 Å². The van der Waals surface area contributed by atoms with E-state index in [9.17, 15) is 9.59 Å². The van der Waals surface area contributed by atoms with Crippen LogP contribution in [0.3, 0.4) is 0 Å². The Bertz CT molecular complexity index is 475. The lowest BCUT2D eigenvalue weighted by molar-refractivity contribution is -0.142. The van der Waals surface area contributed by atoms with E-state index in [1.165, 1.54) is 0 Å². The van der Waals surface area contributed by atoms with Gasteiger partial charge in [0.25, 0.3) is 0 Å². The van der Waals surface area contributed by atoms with Gasteiger partial charge in [-0.1, -0.05) is 6.42 Å². The third-order valence-electron chi connectivity index (χ3n) is 3.90. The predicted octanol–water partition coefficient (Wildman–Crippen LogP) is 1.07. The predicted molar refractivity (Wildman–Crippen MR) is 76.7 cm³/mol. The third kappa shape index (κ3) is 4.47. The SMILES string of the molecule is CC(Cn1cccn1)NC(=O)NCC1CCCC1C(=O)O. The number of aliphatic carboxylic acids is 1. The first-order chi connectivity index (χ1) is 10.1. The number of nitrogens with one attached hydrogen (secondary N) is 2. The van der Waals surface area contributed by atoms with Gasteiger partial charge < -0.3 is 15.7 Å². The Morgan fingerprint density at radius 1 is 1.48 bits per heavy atom. The minimum atomic E-state index is -0.758. The van der Waals surface area contributed by atoms with Gasteiger partial charge in [0.05, 0.1) is 12.5 Å². The molecule has 2 rings (SSSR count). The van der Waals surface area contributed by atoms with Crippen molar-refractivity contribution in [3.8, 4) is 0 Å². The molecule has 0 saturated heterocycles. The van der Waals surface area contributed by atoms with Gasteiger partial charge in [-0.15, -0.1) is 0 Å². The number of amides is 2. The summed E-state index contributed by atoms with van der Waals surface area (Å²) in [6, 6.07) is 1.52. The second-order valence-electron chi connectivity index (χ2n) is 5.62. The summed E-state index contributed by atoms with van der Waals surface area (Å²) >= 11 is 0. The van der Waals surface area contributed by atoms with E-state index in [2.05, 4.69) is 15.7 Å². The molecular formula is C14H22N4O3. The lowest BCUT2D eigenvalue weighted by Gasteiger charge is -2.18. The van der Waals surface area contributed by atoms with Gasteiger partial charge in [-0.25, -0.2) is 4.79 Å². The molecule has 0 aliphatic heterocycles. The second-order valence-corrected chi connectivity index (χ2v) is 5.62. The van der Waals surface area contributed by atoms with E-state index >= 15 is 0 Å². The molecule has 21 heavy (non-hydrogen) atoms. The summed E-state index contributed by atoms with van der Waals surface area (Å²) < 4.78 is 1.75. The Morgan fingerprint density at radius 2 is 2.29 bits per heavy atom. The van der Waals surface area contributed by atoms with Crippen LogP contribution in [0.4, 0.5) is 4.79 Å². The van der Waals surface area contributed by atoms with Crippen molar-refractivity contribution in [2.45, 2.75) is 38.8 Å². The maximum atomic E-state index is 11.8. The highest BCUT2D eigenvalue weighted by atomic mass is 16.4. The molecular weight excluding hydrogens is 272 g/mol. The van der Waals surface area contributed by atoms with Crippen LogP contribution in [0.2, 0.25) is 0 Å². The molecule has 1 aromatic rings. The van der Waals surface area contributed by atoms with Crippen LogP contribution in [0.1, 0.15) is 26.2 Å². The molecule has 0 radical (unpaired) electrons. The van der Waals surface area contributed by atoms with Gasteiger partial charge in [0, 0.05) is 25.0 Å². The average molecular weight is 294 g/mol. The maximum Gasteiger partial charge on any atom is 0.315 e. The van der Waals surface area contributed by atoms with E-state index < -0.39 is 5.97 Å². The third-order valence-corrected chi connectivity index (χ3v) is 3.90. The number of hydrogen-bond donors (Lipinski definition) is 3. The average Bonchev–Trinajstić information content (AvgIpc) is 3.06. The van der Waals surface area contributed by atoms with Crippen LogP contribution in [0.5, 0.6) is 0 Å². The summed E-state index contributed by atoms with van der Waals surface area (Å²) in [6.45, 7) is 2.91. The maximum absolute atomic E-state index is 11.8. The first kappa shape index (κ1) is 15.3. The van der Waals surface area contributed by atoms with Gasteiger partial charge in [0.2, 0.25) is 0 Å². The smallest absolute Gasteiger partial charge is 0.315 e. The summed E-state index contributed by atoms with van der Waals surface area (Å²) in [4.78, 5) is 22.9. The summed E-state index contributed by atoms with van der Waals surface area (Å²) in [6.07, 6.45) is 6.02. The lowest BCUT2D eigenvalue weighted by Crippen LogP contribution is -2.44. The summed E-state index contributed by atoms with van der Waals surface area (Å²) in [5, 5.41) is 18.8. The monoisotopic (exact) mass is 294 g/mol. The quantitative estimate of drug-likeness (QED) is 0.731. The van der Waals surface area contributed by atoms with Gasteiger partial charge in [0.15, 0.2) is 0 Å². The fourth-order valence-electron chi connectivity index (χ4n) is 2.84. The number of carbonyl (C=O) groups is 2. The molecule has 1 heterocycles. The molecule has 7 heteroatoms. The van der Waals surface area contributed by atoms with Crippen molar-refractivity contribution in [2.75, 3.05) is 6.54 Å². The summed E-state index contributed by atoms with van der Waals surface area (Å²) in [5.41, 5.74) is 0. The molecule has 2 amide bonds. The van der Waals surface area contributed by atoms with Crippen molar-refractivity contribution in [3.63, 3.8) is 0 Å². The lowest BCUT2D eigenvalue weighted by atomic mass is 9.96. The molecule has 1 fully saturated rings. The van der Waals surface area contributed by atoms with Crippen molar-refractivity contribution in [2.24, 2.45) is 11.8 Å². The number of nitrogens with zero attached hydrogens (tertiary/aromatic N) is 2. The number of carboxylic acids is 1. The topological polar surface area (TPSA) is 96.3 Å². The van der Waals surface area contributed by atoms with E-state index in [-0.39, 0.29) is 23.9 Å². The summed E-state index contributed by atoms with van der Waals surface area (Å²) in [5.74, 6) is -1.05. The van der Waals surface area contributed by atoms with Crippen molar-refractivity contribution in [1.82, 2.24) is 20.4 Å². The normalized spacial score (nSPS) is 22.7. The Balaban J connectivity index is 1.70. The molecule has 116 valence electrons. The minimum absolute atomic E-state index is 0.0367. The molecule has 0 spiro atoms. The van der Waals surface area contributed by atoms with Gasteiger partial charge in [-0.3, -0.25) is 9.48 Å². The van der Waals surface area contributed by atoms with Gasteiger partial charge >= 0.3 is 12.0 Å². The zero-order valence-corrected chi connectivity index (χ0v) is 12.2. The van der Waals surface area contributed by atoms with Crippen LogP contribution in [-0.2, 0) is 11.3 Å². The minimum Gasteiger partial charge on any atom is -0.481 e. The molecule has 0 aromatic carbocycles. The van der Waals surface area contributed by atoms with E-state index in [1.807, 2.05) is 19.2 Å². The Kier molecular flexibility index (Phi) is 5.19. The molecule has 0 bridgehead atoms. The number of carbonyl (C=O) groups excluding carboxylic acids is 1. The number of hydrogen-bond acceptors (Lipinski definition) is 3. The van der Waals surface area contributed by atoms with Crippen molar-refractivity contribution >= 4 is 12.0 Å². The van der Waals surface area contributed by atoms with Gasteiger partial charge in [-0.2, -0.15) is 5.10 Å². The van der Waals surface area contributed by atoms with Gasteiger partial charge in [-0.05, 0) is 31.7 Å². The van der Waals surface area contributed by atoms with E-state index in [1.54, 1.807) is 10.9 Å². The summed E-state index contributed by atoms with van der Waals surface area (Å²) in [7, 11) is 0. The highest BCUT2D eigenvalue weighted by molar-refractivity contribution is 5.74. The number of rotatable bonds is 6. The van der Waals surface area contributed by atoms with Crippen LogP contribution in [0, 0.1) is 11.8 Å². The number of carboxylic acid groups (broad SMARTS) is 1. The molecule has 1 aromatic heterocycles. The molecule has 1 aliphatic rings. The van der Waals surface area contributed by atoms with E-state index in [4.69, 9.17) is 5.11 Å². The van der Waals surface area contributed by atoms with Crippen molar-refractivity contribution < 1.29 is 14.7 Å². The molecule has 3 unspecified atom stereocenters. The highest BCUT2D eigenvalue weighted by Crippen LogP contribution is 2.31. The van der Waals surface area contributed by atoms with Crippen molar-refractivity contribution in [3.05, 3.63) is 18.5 Å². The van der Waals surface area contributed by atoms with Crippen LogP contribution in [-0.4, -0.2) is 39.5 Å². The van der Waals surface area contributed by atoms with Gasteiger partial charge in [0.1, 0.15) is 0 Å². The fourth-order valence-corrected chi connectivity index (χ4v) is 2.84. The first-order valence-electron chi connectivity index (χ1n) is 7.31.